The molecule has 1 aliphatic rings. The largest absolute Gasteiger partial charge is 0.508 e. The fourth-order valence-corrected chi connectivity index (χ4v) is 8.37. The van der Waals surface area contributed by atoms with Gasteiger partial charge in [0.05, 0.1) is 5.56 Å². The molecule has 0 amide bonds. The molecule has 1 fully saturated rings. The van der Waals surface area contributed by atoms with Gasteiger partial charge in [0.15, 0.2) is 6.61 Å². The number of fused-ring (bicyclic) bond motifs is 5. The first-order chi connectivity index (χ1) is 51.1. The molecule has 3 heterocycles. The lowest BCUT2D eigenvalue weighted by Gasteiger charge is -2.27. The van der Waals surface area contributed by atoms with Crippen LogP contribution < -0.4 is 16.9 Å². The van der Waals surface area contributed by atoms with E-state index in [9.17, 15) is 44.1 Å². The highest BCUT2D eigenvalue weighted by atomic mass is 16.6. The average Bonchev–Trinajstić information content (AvgIpc) is 1.12. The molecule has 17 heteroatoms. The number of aldehydes is 1. The van der Waals surface area contributed by atoms with Crippen LogP contribution in [0.4, 0.5) is 0 Å². The van der Waals surface area contributed by atoms with Crippen LogP contribution in [0.2, 0.25) is 0 Å². The number of ether oxygens (including phenoxy) is 2. The SMILES string of the molecule is CC.CC.CC.CC.CC.CCC.CCC.CCC.CCC.CCC.CCC1(OC(=O)COC(=O)c2ccc(C=O)cc2)CCCC1.O=c1ccc2cc(O)ccc2o1.O=c1ccc2ccc(O)cc2o1.O=c1ccc2ccc(O)cc2o1.Oc1cccc2c(O)cccc12.Oc1cccc2ccccc12. The van der Waals surface area contributed by atoms with Gasteiger partial charge in [-0.05, 0) is 128 Å². The van der Waals surface area contributed by atoms with Crippen LogP contribution in [-0.2, 0) is 14.3 Å². The third-order valence-corrected chi connectivity index (χ3v) is 12.6. The molecule has 582 valence electrons. The predicted octanol–water partition coefficient (Wildman–Crippen LogP) is 24.4. The van der Waals surface area contributed by atoms with Crippen LogP contribution in [0.1, 0.15) is 230 Å². The zero-order chi connectivity index (χ0) is 81.4. The smallest absolute Gasteiger partial charge is 0.344 e. The topological polar surface area (TPSA) is 282 Å². The van der Waals surface area contributed by atoms with Crippen LogP contribution in [0.25, 0.3) is 54.5 Å². The second-order valence-electron chi connectivity index (χ2n) is 21.6. The molecule has 0 bridgehead atoms. The second-order valence-corrected chi connectivity index (χ2v) is 21.6. The molecule has 0 aliphatic heterocycles. The summed E-state index contributed by atoms with van der Waals surface area (Å²) in [5.74, 6) is -0.0204. The number of carbonyl (C=O) groups is 3. The van der Waals surface area contributed by atoms with Gasteiger partial charge >= 0.3 is 28.8 Å². The van der Waals surface area contributed by atoms with Gasteiger partial charge < -0.3 is 53.4 Å². The summed E-state index contributed by atoms with van der Waals surface area (Å²) >= 11 is 0. The molecule has 1 saturated carbocycles. The minimum atomic E-state index is -0.605. The summed E-state index contributed by atoms with van der Waals surface area (Å²) in [5, 5.41) is 61.0. The predicted molar refractivity (Wildman–Crippen MR) is 442 cm³/mol. The summed E-state index contributed by atoms with van der Waals surface area (Å²) in [6, 6.07) is 52.3. The van der Waals surface area contributed by atoms with Gasteiger partial charge in [-0.2, -0.15) is 0 Å². The maximum absolute atomic E-state index is 11.9. The highest BCUT2D eigenvalue weighted by molar-refractivity contribution is 5.93. The van der Waals surface area contributed by atoms with Gasteiger partial charge in [0.2, 0.25) is 0 Å². The van der Waals surface area contributed by atoms with Crippen LogP contribution in [-0.4, -0.2) is 61.1 Å². The van der Waals surface area contributed by atoms with Gasteiger partial charge in [0, 0.05) is 68.2 Å². The van der Waals surface area contributed by atoms with E-state index in [4.69, 9.17) is 38.0 Å². The molecular weight excluding hydrogens is 1340 g/mol. The monoisotopic (exact) mass is 1460 g/mol. The number of benzene rings is 8. The zero-order valence-corrected chi connectivity index (χ0v) is 67.0. The van der Waals surface area contributed by atoms with E-state index in [2.05, 4.69) is 69.2 Å². The maximum atomic E-state index is 11.9. The summed E-state index contributed by atoms with van der Waals surface area (Å²) in [6.07, 6.45) is 11.6. The van der Waals surface area contributed by atoms with Gasteiger partial charge in [-0.3, -0.25) is 4.79 Å². The van der Waals surface area contributed by atoms with Gasteiger partial charge in [-0.25, -0.2) is 24.0 Å². The number of aromatic hydroxyl groups is 6. The van der Waals surface area contributed by atoms with Gasteiger partial charge in [0.1, 0.15) is 63.1 Å². The minimum Gasteiger partial charge on any atom is -0.508 e. The Morgan fingerprint density at radius 2 is 0.726 bits per heavy atom. The van der Waals surface area contributed by atoms with E-state index in [1.54, 1.807) is 91.0 Å². The molecule has 6 N–H and O–H groups in total. The van der Waals surface area contributed by atoms with Crippen molar-refractivity contribution in [3.8, 4) is 34.5 Å². The number of hydrogen-bond donors (Lipinski definition) is 6. The molecule has 0 unspecified atom stereocenters. The lowest BCUT2D eigenvalue weighted by molar-refractivity contribution is -0.163. The number of phenolic OH excluding ortho intramolecular Hbond substituents is 6. The van der Waals surface area contributed by atoms with E-state index < -0.39 is 29.8 Å². The first kappa shape index (κ1) is 102. The molecule has 11 aromatic rings. The highest BCUT2D eigenvalue weighted by Crippen LogP contribution is 2.36. The first-order valence-electron chi connectivity index (χ1n) is 37.3. The normalized spacial score (nSPS) is 10.2. The van der Waals surface area contributed by atoms with Crippen molar-refractivity contribution in [3.05, 3.63) is 237 Å². The summed E-state index contributed by atoms with van der Waals surface area (Å²) in [5.41, 5.74) is 0.487. The van der Waals surface area contributed by atoms with Crippen molar-refractivity contribution < 1.29 is 67.7 Å². The van der Waals surface area contributed by atoms with E-state index in [0.29, 0.717) is 50.7 Å². The van der Waals surface area contributed by atoms with Crippen LogP contribution in [0.5, 0.6) is 34.5 Å². The Kier molecular flexibility index (Phi) is 61.4. The Morgan fingerprint density at radius 3 is 1.13 bits per heavy atom. The third-order valence-electron chi connectivity index (χ3n) is 12.6. The Labute approximate surface area is 630 Å². The molecule has 0 atom stereocenters. The fourth-order valence-electron chi connectivity index (χ4n) is 8.37. The zero-order valence-electron chi connectivity index (χ0n) is 67.0. The first-order valence-corrected chi connectivity index (χ1v) is 37.3. The molecule has 12 rings (SSSR count). The van der Waals surface area contributed by atoms with Crippen molar-refractivity contribution >= 4 is 72.7 Å². The lowest BCUT2D eigenvalue weighted by atomic mass is 9.99. The quantitative estimate of drug-likeness (QED) is 0.0512. The molecule has 0 saturated heterocycles. The van der Waals surface area contributed by atoms with Crippen LogP contribution in [0, 0.1) is 0 Å². The number of carbonyl (C=O) groups excluding carboxylic acids is 3. The van der Waals surface area contributed by atoms with Crippen molar-refractivity contribution in [2.75, 3.05) is 6.61 Å². The van der Waals surface area contributed by atoms with E-state index in [-0.39, 0.29) is 40.0 Å². The molecule has 8 aromatic carbocycles. The molecule has 106 heavy (non-hydrogen) atoms. The number of hydrogen-bond acceptors (Lipinski definition) is 17. The molecular formula is C89H124O17. The second kappa shape index (κ2) is 64.0. The summed E-state index contributed by atoms with van der Waals surface area (Å²) < 4.78 is 25.0. The van der Waals surface area contributed by atoms with E-state index in [1.165, 1.54) is 98.8 Å². The van der Waals surface area contributed by atoms with E-state index >= 15 is 0 Å². The summed E-state index contributed by atoms with van der Waals surface area (Å²) in [7, 11) is 0. The van der Waals surface area contributed by atoms with Crippen LogP contribution in [0.3, 0.4) is 0 Å². The lowest BCUT2D eigenvalue weighted by Crippen LogP contribution is -2.33. The fraction of sp³-hybridized carbons (Fsp3) is 0.371. The van der Waals surface area contributed by atoms with E-state index in [0.717, 1.165) is 59.0 Å². The summed E-state index contributed by atoms with van der Waals surface area (Å²) in [6.45, 7) is 42.9. The molecule has 1 aliphatic carbocycles. The van der Waals surface area contributed by atoms with Crippen molar-refractivity contribution in [2.45, 2.75) is 215 Å². The van der Waals surface area contributed by atoms with Crippen molar-refractivity contribution in [1.29, 1.82) is 0 Å². The number of phenols is 6. The van der Waals surface area contributed by atoms with Crippen molar-refractivity contribution in [1.82, 2.24) is 0 Å². The Balaban J connectivity index is -0.000000560. The summed E-state index contributed by atoms with van der Waals surface area (Å²) in [4.78, 5) is 66.5. The average molecular weight is 1470 g/mol. The minimum absolute atomic E-state index is 0.0943. The molecule has 17 nitrogen and oxygen atoms in total. The van der Waals surface area contributed by atoms with Crippen LogP contribution in [0.15, 0.2) is 222 Å². The Bertz CT molecular complexity index is 4090. The molecule has 0 spiro atoms. The van der Waals surface area contributed by atoms with Gasteiger partial charge in [0.25, 0.3) is 0 Å². The van der Waals surface area contributed by atoms with Crippen LogP contribution >= 0.6 is 0 Å². The molecule has 3 aromatic heterocycles. The number of esters is 2. The molecule has 0 radical (unpaired) electrons. The number of rotatable bonds is 6. The third kappa shape index (κ3) is 41.6. The van der Waals surface area contributed by atoms with Gasteiger partial charge in [-0.1, -0.05) is 250 Å². The van der Waals surface area contributed by atoms with Crippen molar-refractivity contribution in [3.63, 3.8) is 0 Å². The Morgan fingerprint density at radius 1 is 0.387 bits per heavy atom. The standard InChI is InChI=1S/C17H20O5.C10H8O2.C10H8O.3C9H6O3.5C3H8.5C2H6/c1-2-17(9-3-4-10-17)22-15(19)12-21-16(20)14-7-5-13(11-18)6-8-14;11-9-5-1-3-7-8(9)4-2-6-10(7)12;11-10-7-3-5-8-4-1-2-6-9(8)10;10-7-2-3-8-6(5-7)1-4-9(11)12-8;2*10-7-3-1-6-2-4-9(11)12-8(6)5-7;5*1-3-2;5*1-2/h5-8,11H,2-4,9-10,12H2,1H3;1-6,11-12H;1-7,11H;3*1-5,10H;5*3H2,1-2H3;5*1-2H3. The van der Waals surface area contributed by atoms with E-state index in [1.807, 2.05) is 113 Å². The highest BCUT2D eigenvalue weighted by Gasteiger charge is 2.36. The van der Waals surface area contributed by atoms with Gasteiger partial charge in [-0.15, -0.1) is 0 Å². The maximum Gasteiger partial charge on any atom is 0.344 e. The Hall–Kier alpha value is -10.7. The van der Waals surface area contributed by atoms with Crippen molar-refractivity contribution in [2.24, 2.45) is 0 Å².